The first-order valence-corrected chi connectivity index (χ1v) is 15.8. The van der Waals surface area contributed by atoms with Gasteiger partial charge in [0.05, 0.1) is 18.7 Å². The van der Waals surface area contributed by atoms with E-state index in [0.717, 1.165) is 44.0 Å². The highest BCUT2D eigenvalue weighted by Gasteiger charge is 2.28. The van der Waals surface area contributed by atoms with Crippen molar-refractivity contribution in [1.82, 2.24) is 29.9 Å². The molecule has 3 fully saturated rings. The molecule has 0 spiro atoms. The summed E-state index contributed by atoms with van der Waals surface area (Å²) in [5, 5.41) is 3.38. The summed E-state index contributed by atoms with van der Waals surface area (Å²) in [6.45, 7) is 9.78. The zero-order valence-electron chi connectivity index (χ0n) is 25.9. The lowest BCUT2D eigenvalue weighted by atomic mass is 10.1. The van der Waals surface area contributed by atoms with Crippen LogP contribution in [0.5, 0.6) is 5.75 Å². The number of carbonyl (C=O) groups excluding carboxylic acids is 4. The van der Waals surface area contributed by atoms with Crippen molar-refractivity contribution in [3.05, 3.63) is 35.5 Å². The van der Waals surface area contributed by atoms with Gasteiger partial charge in [0.2, 0.25) is 5.91 Å². The first kappa shape index (κ1) is 31.5. The van der Waals surface area contributed by atoms with Gasteiger partial charge in [-0.2, -0.15) is 0 Å². The van der Waals surface area contributed by atoms with E-state index in [2.05, 4.69) is 15.2 Å². The number of carbonyl (C=O) groups is 4. The molecule has 44 heavy (non-hydrogen) atoms. The molecule has 3 heterocycles. The molecule has 4 amide bonds. The fourth-order valence-electron chi connectivity index (χ4n) is 5.51. The molecule has 1 N–H and O–H groups in total. The number of aromatic nitrogens is 1. The van der Waals surface area contributed by atoms with E-state index in [0.29, 0.717) is 62.5 Å². The van der Waals surface area contributed by atoms with Gasteiger partial charge in [0, 0.05) is 70.4 Å². The first-order chi connectivity index (χ1) is 21.3. The molecule has 1 aromatic heterocycles. The van der Waals surface area contributed by atoms with Crippen LogP contribution in [0.15, 0.2) is 24.3 Å². The van der Waals surface area contributed by atoms with Crippen LogP contribution in [0.25, 0.3) is 10.9 Å². The van der Waals surface area contributed by atoms with Gasteiger partial charge in [0.25, 0.3) is 11.8 Å². The topological polar surface area (TPSA) is 125 Å². The zero-order valence-corrected chi connectivity index (χ0v) is 25.9. The summed E-state index contributed by atoms with van der Waals surface area (Å²) in [6, 6.07) is 7.19. The molecular formula is C32H44N6O6. The smallest absolute Gasteiger partial charge is 0.409 e. The Morgan fingerprint density at radius 2 is 1.59 bits per heavy atom. The normalized spacial score (nSPS) is 17.5. The lowest BCUT2D eigenvalue weighted by Crippen LogP contribution is -2.52. The number of nitrogens with one attached hydrogen (secondary N) is 1. The predicted molar refractivity (Wildman–Crippen MR) is 164 cm³/mol. The molecule has 12 nitrogen and oxygen atoms in total. The van der Waals surface area contributed by atoms with Crippen LogP contribution < -0.4 is 10.1 Å². The summed E-state index contributed by atoms with van der Waals surface area (Å²) in [5.74, 6) is 0.390. The van der Waals surface area contributed by atoms with Crippen molar-refractivity contribution < 1.29 is 28.7 Å². The van der Waals surface area contributed by atoms with Crippen LogP contribution in [-0.2, 0) is 14.3 Å². The van der Waals surface area contributed by atoms with Gasteiger partial charge in [-0.3, -0.25) is 19.3 Å². The summed E-state index contributed by atoms with van der Waals surface area (Å²) in [4.78, 5) is 63.1. The molecule has 12 heteroatoms. The highest BCUT2D eigenvalue weighted by Crippen LogP contribution is 2.30. The number of amides is 4. The fraction of sp³-hybridized carbons (Fsp3) is 0.594. The van der Waals surface area contributed by atoms with Crippen LogP contribution in [0.1, 0.15) is 48.7 Å². The number of aryl methyl sites for hydroxylation is 1. The molecule has 1 saturated carbocycles. The molecule has 238 valence electrons. The van der Waals surface area contributed by atoms with Crippen LogP contribution in [0.3, 0.4) is 0 Å². The number of piperazine rings is 2. The predicted octanol–water partition coefficient (Wildman–Crippen LogP) is 2.29. The molecule has 2 saturated heterocycles. The summed E-state index contributed by atoms with van der Waals surface area (Å²) in [5.41, 5.74) is 1.64. The quantitative estimate of drug-likeness (QED) is 0.386. The lowest BCUT2D eigenvalue weighted by Gasteiger charge is -2.34. The number of benzene rings is 1. The lowest BCUT2D eigenvalue weighted by molar-refractivity contribution is -0.135. The highest BCUT2D eigenvalue weighted by molar-refractivity contribution is 5.98. The van der Waals surface area contributed by atoms with Crippen molar-refractivity contribution in [1.29, 1.82) is 0 Å². The van der Waals surface area contributed by atoms with Gasteiger partial charge >= 0.3 is 6.09 Å². The Morgan fingerprint density at radius 3 is 2.30 bits per heavy atom. The Balaban J connectivity index is 1.14. The van der Waals surface area contributed by atoms with Crippen LogP contribution >= 0.6 is 0 Å². The average molecular weight is 609 g/mol. The van der Waals surface area contributed by atoms with Gasteiger partial charge in [0.15, 0.2) is 6.61 Å². The van der Waals surface area contributed by atoms with Gasteiger partial charge < -0.3 is 29.5 Å². The number of fused-ring (bicyclic) bond motifs is 1. The van der Waals surface area contributed by atoms with E-state index in [1.165, 1.54) is 18.9 Å². The number of rotatable bonds is 11. The number of unbranched alkanes of at least 4 members (excludes halogenated alkanes) is 1. The average Bonchev–Trinajstić information content (AvgIpc) is 3.86. The van der Waals surface area contributed by atoms with E-state index in [-0.39, 0.29) is 36.8 Å². The minimum atomic E-state index is -0.511. The first-order valence-electron chi connectivity index (χ1n) is 15.8. The van der Waals surface area contributed by atoms with Gasteiger partial charge in [-0.05, 0) is 49.8 Å². The number of hydrogen-bond donors (Lipinski definition) is 1. The number of nitrogens with zero attached hydrogens (tertiary/aromatic N) is 5. The molecule has 0 bridgehead atoms. The third-order valence-corrected chi connectivity index (χ3v) is 8.46. The van der Waals surface area contributed by atoms with Crippen LogP contribution in [0.2, 0.25) is 0 Å². The van der Waals surface area contributed by atoms with Crippen molar-refractivity contribution in [2.45, 2.75) is 39.5 Å². The van der Waals surface area contributed by atoms with E-state index in [1.54, 1.807) is 9.80 Å². The van der Waals surface area contributed by atoms with Gasteiger partial charge in [-0.1, -0.05) is 19.4 Å². The number of ether oxygens (including phenoxy) is 2. The molecule has 0 unspecified atom stereocenters. The van der Waals surface area contributed by atoms with Crippen molar-refractivity contribution >= 4 is 34.7 Å². The monoisotopic (exact) mass is 608 g/mol. The SMILES string of the molecule is CCCCOC(=O)N1CCN(C(=O)CNC(=O)c2cc(OCC(=O)N3CCN(CC4CC4)CC3)c3ccc(C)cc3n2)CC1. The molecule has 3 aliphatic rings. The highest BCUT2D eigenvalue weighted by atomic mass is 16.6. The van der Waals surface area contributed by atoms with Crippen molar-refractivity contribution in [3.8, 4) is 5.75 Å². The van der Waals surface area contributed by atoms with Crippen LogP contribution in [0.4, 0.5) is 4.79 Å². The molecule has 0 atom stereocenters. The second-order valence-electron chi connectivity index (χ2n) is 12.0. The van der Waals surface area contributed by atoms with E-state index in [1.807, 2.05) is 36.9 Å². The summed E-state index contributed by atoms with van der Waals surface area (Å²) >= 11 is 0. The minimum absolute atomic E-state index is 0.0842. The largest absolute Gasteiger partial charge is 0.483 e. The zero-order chi connectivity index (χ0) is 31.1. The summed E-state index contributed by atoms with van der Waals surface area (Å²) in [6.07, 6.45) is 4.04. The second-order valence-corrected chi connectivity index (χ2v) is 12.0. The van der Waals surface area contributed by atoms with Crippen molar-refractivity contribution in [2.24, 2.45) is 5.92 Å². The molecule has 0 radical (unpaired) electrons. The number of hydrogen-bond acceptors (Lipinski definition) is 8. The Hall–Kier alpha value is -3.93. The molecule has 2 aromatic rings. The maximum absolute atomic E-state index is 13.1. The van der Waals surface area contributed by atoms with Crippen molar-refractivity contribution in [2.75, 3.05) is 78.7 Å². The van der Waals surface area contributed by atoms with E-state index in [9.17, 15) is 19.2 Å². The molecular weight excluding hydrogens is 564 g/mol. The summed E-state index contributed by atoms with van der Waals surface area (Å²) in [7, 11) is 0. The van der Waals surface area contributed by atoms with Crippen LogP contribution in [0, 0.1) is 12.8 Å². The van der Waals surface area contributed by atoms with Gasteiger partial charge in [-0.25, -0.2) is 9.78 Å². The third-order valence-electron chi connectivity index (χ3n) is 8.46. The van der Waals surface area contributed by atoms with Gasteiger partial charge in [0.1, 0.15) is 11.4 Å². The maximum atomic E-state index is 13.1. The Bertz CT molecular complexity index is 1350. The summed E-state index contributed by atoms with van der Waals surface area (Å²) < 4.78 is 11.3. The molecule has 1 aliphatic carbocycles. The maximum Gasteiger partial charge on any atom is 0.409 e. The Labute approximate surface area is 258 Å². The molecule has 5 rings (SSSR count). The van der Waals surface area contributed by atoms with E-state index >= 15 is 0 Å². The molecule has 1 aromatic carbocycles. The van der Waals surface area contributed by atoms with Crippen LogP contribution in [-0.4, -0.2) is 127 Å². The number of pyridine rings is 1. The fourth-order valence-corrected chi connectivity index (χ4v) is 5.51. The van der Waals surface area contributed by atoms with Gasteiger partial charge in [-0.15, -0.1) is 0 Å². The Kier molecular flexibility index (Phi) is 10.5. The van der Waals surface area contributed by atoms with E-state index < -0.39 is 5.91 Å². The van der Waals surface area contributed by atoms with E-state index in [4.69, 9.17) is 9.47 Å². The third kappa shape index (κ3) is 8.37. The van der Waals surface area contributed by atoms with Crippen molar-refractivity contribution in [3.63, 3.8) is 0 Å². The second kappa shape index (κ2) is 14.7. The molecule has 2 aliphatic heterocycles. The standard InChI is InChI=1S/C32H44N6O6/c1-3-4-17-43-32(42)38-15-13-36(14-16-38)29(39)20-33-31(41)27-19-28(25-8-5-23(2)18-26(25)34-27)44-22-30(40)37-11-9-35(10-12-37)21-24-6-7-24/h5,8,18-19,24H,3-4,6-7,9-17,20-22H2,1-2H3,(H,33,41). The minimum Gasteiger partial charge on any atom is -0.483 e. The Morgan fingerprint density at radius 1 is 0.909 bits per heavy atom.